The van der Waals surface area contributed by atoms with Gasteiger partial charge in [-0.3, -0.25) is 0 Å². The minimum absolute atomic E-state index is 0.361. The summed E-state index contributed by atoms with van der Waals surface area (Å²) in [7, 11) is 0. The Morgan fingerprint density at radius 1 is 0.656 bits per heavy atom. The van der Waals surface area contributed by atoms with Crippen LogP contribution in [0.4, 0.5) is 0 Å². The van der Waals surface area contributed by atoms with Crippen molar-refractivity contribution in [3.63, 3.8) is 0 Å². The molecule has 0 atom stereocenters. The summed E-state index contributed by atoms with van der Waals surface area (Å²) in [6.45, 7) is 12.6. The number of carbonyl (C=O) groups is 2. The lowest BCUT2D eigenvalue weighted by Gasteiger charge is -2.32. The van der Waals surface area contributed by atoms with Crippen LogP contribution >= 0.6 is 0 Å². The van der Waals surface area contributed by atoms with Crippen LogP contribution in [0.15, 0.2) is 24.3 Å². The number of ether oxygens (including phenoxy) is 2. The number of hydrogen-bond acceptors (Lipinski definition) is 4. The van der Waals surface area contributed by atoms with Crippen LogP contribution in [0, 0.1) is 0 Å². The molecule has 0 fully saturated rings. The monoisotopic (exact) mass is 446 g/mol. The quantitative estimate of drug-likeness (QED) is 0.189. The SMILES string of the molecule is CCCCCC(CC)(CC)OC(=O)c1cccc(C(=O)OC(CC)(CC)CCCCC)c1. The minimum Gasteiger partial charge on any atom is -0.456 e. The molecule has 0 saturated carbocycles. The van der Waals surface area contributed by atoms with Crippen LogP contribution in [-0.4, -0.2) is 23.1 Å². The van der Waals surface area contributed by atoms with Crippen LogP contribution in [-0.2, 0) is 9.47 Å². The molecule has 32 heavy (non-hydrogen) atoms. The van der Waals surface area contributed by atoms with E-state index >= 15 is 0 Å². The van der Waals surface area contributed by atoms with Gasteiger partial charge in [-0.2, -0.15) is 0 Å². The van der Waals surface area contributed by atoms with Gasteiger partial charge < -0.3 is 9.47 Å². The minimum atomic E-state index is -0.443. The second-order valence-corrected chi connectivity index (χ2v) is 9.05. The number of unbranched alkanes of at least 4 members (excludes halogenated alkanes) is 4. The van der Waals surface area contributed by atoms with E-state index in [0.717, 1.165) is 77.0 Å². The molecule has 0 radical (unpaired) electrons. The maximum absolute atomic E-state index is 13.0. The average Bonchev–Trinajstić information content (AvgIpc) is 2.83. The Balaban J connectivity index is 2.96. The van der Waals surface area contributed by atoms with Crippen molar-refractivity contribution < 1.29 is 19.1 Å². The summed E-state index contributed by atoms with van der Waals surface area (Å²) >= 11 is 0. The van der Waals surface area contributed by atoms with Gasteiger partial charge in [-0.25, -0.2) is 9.59 Å². The van der Waals surface area contributed by atoms with E-state index in [2.05, 4.69) is 41.5 Å². The molecule has 1 aromatic carbocycles. The summed E-state index contributed by atoms with van der Waals surface area (Å²) in [6, 6.07) is 6.79. The van der Waals surface area contributed by atoms with E-state index in [1.165, 1.54) is 0 Å². The number of rotatable bonds is 16. The molecule has 0 unspecified atom stereocenters. The highest BCUT2D eigenvalue weighted by Crippen LogP contribution is 2.30. The average molecular weight is 447 g/mol. The van der Waals surface area contributed by atoms with Gasteiger partial charge >= 0.3 is 11.9 Å². The fourth-order valence-corrected chi connectivity index (χ4v) is 4.28. The second kappa shape index (κ2) is 14.3. The summed E-state index contributed by atoms with van der Waals surface area (Å²) in [4.78, 5) is 26.0. The van der Waals surface area contributed by atoms with Crippen LogP contribution in [0.5, 0.6) is 0 Å². The van der Waals surface area contributed by atoms with Gasteiger partial charge in [0.1, 0.15) is 11.2 Å². The van der Waals surface area contributed by atoms with E-state index in [9.17, 15) is 9.59 Å². The Morgan fingerprint density at radius 3 is 1.34 bits per heavy atom. The molecule has 0 aliphatic carbocycles. The van der Waals surface area contributed by atoms with Gasteiger partial charge in [0.25, 0.3) is 0 Å². The highest BCUT2D eigenvalue weighted by atomic mass is 16.6. The second-order valence-electron chi connectivity index (χ2n) is 9.05. The van der Waals surface area contributed by atoms with Crippen molar-refractivity contribution in [3.05, 3.63) is 35.4 Å². The van der Waals surface area contributed by atoms with Crippen LogP contribution < -0.4 is 0 Å². The summed E-state index contributed by atoms with van der Waals surface area (Å²) in [5.41, 5.74) is -0.0694. The number of hydrogen-bond donors (Lipinski definition) is 0. The zero-order valence-corrected chi connectivity index (χ0v) is 21.4. The molecular formula is C28H46O4. The lowest BCUT2D eigenvalue weighted by molar-refractivity contribution is -0.0286. The van der Waals surface area contributed by atoms with Crippen molar-refractivity contribution in [1.82, 2.24) is 0 Å². The van der Waals surface area contributed by atoms with Gasteiger partial charge in [-0.1, -0.05) is 73.3 Å². The summed E-state index contributed by atoms with van der Waals surface area (Å²) in [6.07, 6.45) is 11.5. The standard InChI is InChI=1S/C28H46O4/c1-7-13-15-20-27(9-3,10-4)31-25(29)23-18-17-19-24(22-23)26(30)32-28(11-5,12-6)21-16-14-8-2/h17-19,22H,7-16,20-21H2,1-6H3. The number of esters is 2. The number of carbonyl (C=O) groups excluding carboxylic acids is 2. The third-order valence-electron chi connectivity index (χ3n) is 7.00. The molecule has 4 heteroatoms. The van der Waals surface area contributed by atoms with Gasteiger partial charge in [0.05, 0.1) is 11.1 Å². The van der Waals surface area contributed by atoms with Crippen LogP contribution in [0.1, 0.15) is 139 Å². The Labute approximate surface area is 196 Å². The first-order valence-corrected chi connectivity index (χ1v) is 12.9. The molecule has 0 aliphatic rings. The Hall–Kier alpha value is -1.84. The molecule has 0 amide bonds. The first-order valence-electron chi connectivity index (χ1n) is 12.9. The highest BCUT2D eigenvalue weighted by Gasteiger charge is 2.32. The third kappa shape index (κ3) is 8.26. The third-order valence-corrected chi connectivity index (χ3v) is 7.00. The molecule has 1 rings (SSSR count). The number of benzene rings is 1. The normalized spacial score (nSPS) is 11.9. The van der Waals surface area contributed by atoms with Crippen molar-refractivity contribution >= 4 is 11.9 Å². The van der Waals surface area contributed by atoms with E-state index < -0.39 is 11.2 Å². The molecule has 4 nitrogen and oxygen atoms in total. The van der Waals surface area contributed by atoms with Gasteiger partial charge in [-0.05, 0) is 69.6 Å². The highest BCUT2D eigenvalue weighted by molar-refractivity contribution is 5.95. The lowest BCUT2D eigenvalue weighted by Crippen LogP contribution is -2.34. The topological polar surface area (TPSA) is 52.6 Å². The van der Waals surface area contributed by atoms with Crippen LogP contribution in [0.2, 0.25) is 0 Å². The van der Waals surface area contributed by atoms with E-state index in [1.54, 1.807) is 24.3 Å². The predicted octanol–water partition coefficient (Wildman–Crippen LogP) is 8.28. The Bertz CT molecular complexity index is 631. The van der Waals surface area contributed by atoms with Crippen LogP contribution in [0.3, 0.4) is 0 Å². The van der Waals surface area contributed by atoms with Gasteiger partial charge in [-0.15, -0.1) is 0 Å². The van der Waals surface area contributed by atoms with Crippen molar-refractivity contribution in [2.75, 3.05) is 0 Å². The Morgan fingerprint density at radius 2 is 1.03 bits per heavy atom. The van der Waals surface area contributed by atoms with E-state index in [0.29, 0.717) is 11.1 Å². The molecule has 0 bridgehead atoms. The van der Waals surface area contributed by atoms with Crippen molar-refractivity contribution in [1.29, 1.82) is 0 Å². The molecule has 0 aromatic heterocycles. The maximum atomic E-state index is 13.0. The van der Waals surface area contributed by atoms with Gasteiger partial charge in [0.15, 0.2) is 0 Å². The summed E-state index contributed by atoms with van der Waals surface area (Å²) < 4.78 is 12.0. The molecular weight excluding hydrogens is 400 g/mol. The first-order chi connectivity index (χ1) is 15.3. The van der Waals surface area contributed by atoms with E-state index in [-0.39, 0.29) is 11.9 Å². The largest absolute Gasteiger partial charge is 0.456 e. The van der Waals surface area contributed by atoms with Crippen LogP contribution in [0.25, 0.3) is 0 Å². The molecule has 0 spiro atoms. The lowest BCUT2D eigenvalue weighted by atomic mass is 9.90. The maximum Gasteiger partial charge on any atom is 0.338 e. The molecule has 1 aromatic rings. The first kappa shape index (κ1) is 28.2. The van der Waals surface area contributed by atoms with E-state index in [4.69, 9.17) is 9.47 Å². The fourth-order valence-electron chi connectivity index (χ4n) is 4.28. The smallest absolute Gasteiger partial charge is 0.338 e. The van der Waals surface area contributed by atoms with Gasteiger partial charge in [0.2, 0.25) is 0 Å². The summed E-state index contributed by atoms with van der Waals surface area (Å²) in [5, 5.41) is 0. The van der Waals surface area contributed by atoms with Crippen molar-refractivity contribution in [2.45, 2.75) is 130 Å². The zero-order valence-electron chi connectivity index (χ0n) is 21.4. The fraction of sp³-hybridized carbons (Fsp3) is 0.714. The van der Waals surface area contributed by atoms with Gasteiger partial charge in [0, 0.05) is 0 Å². The molecule has 0 N–H and O–H groups in total. The predicted molar refractivity (Wildman–Crippen MR) is 132 cm³/mol. The molecule has 0 saturated heterocycles. The van der Waals surface area contributed by atoms with Crippen molar-refractivity contribution in [2.24, 2.45) is 0 Å². The molecule has 182 valence electrons. The molecule has 0 aliphatic heterocycles. The summed E-state index contributed by atoms with van der Waals surface area (Å²) in [5.74, 6) is -0.722. The van der Waals surface area contributed by atoms with Crippen molar-refractivity contribution in [3.8, 4) is 0 Å². The van der Waals surface area contributed by atoms with E-state index in [1.807, 2.05) is 0 Å². The zero-order chi connectivity index (χ0) is 24.0. The molecule has 0 heterocycles. The Kier molecular flexibility index (Phi) is 12.6.